The van der Waals surface area contributed by atoms with Crippen LogP contribution in [0.1, 0.15) is 5.56 Å². The molecule has 0 radical (unpaired) electrons. The van der Waals surface area contributed by atoms with Gasteiger partial charge in [-0.25, -0.2) is 0 Å². The summed E-state index contributed by atoms with van der Waals surface area (Å²) in [5, 5.41) is 0.855. The van der Waals surface area contributed by atoms with Crippen molar-refractivity contribution in [3.63, 3.8) is 0 Å². The Morgan fingerprint density at radius 1 is 1.14 bits per heavy atom. The van der Waals surface area contributed by atoms with Gasteiger partial charge >= 0.3 is 0 Å². The molecule has 0 aromatic heterocycles. The van der Waals surface area contributed by atoms with Gasteiger partial charge in [0.05, 0.1) is 18.2 Å². The van der Waals surface area contributed by atoms with E-state index in [1.54, 1.807) is 18.2 Å². The van der Waals surface area contributed by atoms with Gasteiger partial charge in [0, 0.05) is 5.02 Å². The van der Waals surface area contributed by atoms with E-state index in [0.29, 0.717) is 28.7 Å². The molecule has 0 aliphatic heterocycles. The highest BCUT2D eigenvalue weighted by atomic mass is 35.5. The van der Waals surface area contributed by atoms with E-state index in [9.17, 15) is 4.79 Å². The predicted octanol–water partition coefficient (Wildman–Crippen LogP) is 3.66. The zero-order valence-corrected chi connectivity index (χ0v) is 13.2. The lowest BCUT2D eigenvalue weighted by atomic mass is 10.2. The van der Waals surface area contributed by atoms with E-state index in [4.69, 9.17) is 32.8 Å². The van der Waals surface area contributed by atoms with Gasteiger partial charge in [0.2, 0.25) is 0 Å². The second-order valence-electron chi connectivity index (χ2n) is 4.49. The highest BCUT2D eigenvalue weighted by Gasteiger charge is 2.11. The quantitative estimate of drug-likeness (QED) is 0.453. The number of halogens is 2. The fourth-order valence-electron chi connectivity index (χ4n) is 1.70. The second kappa shape index (κ2) is 8.76. The molecule has 2 rings (SSSR count). The van der Waals surface area contributed by atoms with E-state index >= 15 is 0 Å². The van der Waals surface area contributed by atoms with Crippen molar-refractivity contribution in [1.29, 1.82) is 0 Å². The lowest BCUT2D eigenvalue weighted by molar-refractivity contribution is -0.115. The summed E-state index contributed by atoms with van der Waals surface area (Å²) in [5.41, 5.74) is 3.74. The predicted molar refractivity (Wildman–Crippen MR) is 86.2 cm³/mol. The number of carbonyl (C=O) groups is 1. The molecule has 4 nitrogen and oxygen atoms in total. The Hall–Kier alpha value is -1.59. The fraction of sp³-hybridized carbons (Fsp3) is 0.188. The van der Waals surface area contributed by atoms with Crippen LogP contribution in [0.25, 0.3) is 0 Å². The van der Waals surface area contributed by atoms with Crippen LogP contribution in [0.3, 0.4) is 0 Å². The summed E-state index contributed by atoms with van der Waals surface area (Å²) >= 11 is 11.8. The second-order valence-corrected chi connectivity index (χ2v) is 5.33. The number of ether oxygens (including phenoxy) is 1. The third-order valence-corrected chi connectivity index (χ3v) is 3.32. The number of carbonyl (C=O) groups excluding carboxylic acids is 1. The van der Waals surface area contributed by atoms with Crippen LogP contribution in [0.2, 0.25) is 10.0 Å². The first-order valence-electron chi connectivity index (χ1n) is 6.64. The average molecular weight is 340 g/mol. The van der Waals surface area contributed by atoms with Gasteiger partial charge in [-0.2, -0.15) is 5.48 Å². The minimum absolute atomic E-state index is 0.204. The molecule has 2 aromatic carbocycles. The van der Waals surface area contributed by atoms with Crippen LogP contribution in [0.4, 0.5) is 0 Å². The summed E-state index contributed by atoms with van der Waals surface area (Å²) < 4.78 is 5.50. The van der Waals surface area contributed by atoms with Gasteiger partial charge in [-0.1, -0.05) is 53.5 Å². The molecule has 1 N–H and O–H groups in total. The molecule has 0 heterocycles. The molecule has 0 saturated heterocycles. The van der Waals surface area contributed by atoms with Gasteiger partial charge < -0.3 is 4.74 Å². The topological polar surface area (TPSA) is 47.6 Å². The van der Waals surface area contributed by atoms with Crippen molar-refractivity contribution in [2.45, 2.75) is 12.7 Å². The van der Waals surface area contributed by atoms with Crippen molar-refractivity contribution >= 4 is 29.5 Å². The molecule has 6 heteroatoms. The summed E-state index contributed by atoms with van der Waals surface area (Å²) in [7, 11) is 0. The minimum Gasteiger partial charge on any atom is -0.480 e. The van der Waals surface area contributed by atoms with Crippen LogP contribution in [-0.4, -0.2) is 18.9 Å². The van der Waals surface area contributed by atoms with Crippen molar-refractivity contribution in [2.75, 3.05) is 6.54 Å². The molecule has 0 bridgehead atoms. The number of hydrogen-bond donors (Lipinski definition) is 1. The Bertz CT molecular complexity index is 608. The van der Waals surface area contributed by atoms with Crippen LogP contribution in [-0.2, 0) is 16.2 Å². The van der Waals surface area contributed by atoms with Gasteiger partial charge in [-0.3, -0.25) is 9.63 Å². The first-order chi connectivity index (χ1) is 10.7. The van der Waals surface area contributed by atoms with Crippen LogP contribution >= 0.6 is 23.2 Å². The van der Waals surface area contributed by atoms with Gasteiger partial charge in [0.25, 0.3) is 0 Å². The Balaban J connectivity index is 1.78. The summed E-state index contributed by atoms with van der Waals surface area (Å²) in [6, 6.07) is 14.5. The van der Waals surface area contributed by atoms with E-state index in [2.05, 4.69) is 5.48 Å². The number of aldehydes is 1. The molecule has 0 amide bonds. The minimum atomic E-state index is -0.713. The normalized spacial score (nSPS) is 11.9. The maximum atomic E-state index is 11.1. The molecule has 0 spiro atoms. The van der Waals surface area contributed by atoms with E-state index in [-0.39, 0.29) is 6.54 Å². The van der Waals surface area contributed by atoms with Crippen molar-refractivity contribution in [3.8, 4) is 5.75 Å². The summed E-state index contributed by atoms with van der Waals surface area (Å²) in [6.07, 6.45) is -0.0291. The molecule has 0 aliphatic carbocycles. The summed E-state index contributed by atoms with van der Waals surface area (Å²) in [6.45, 7) is 0.601. The summed E-state index contributed by atoms with van der Waals surface area (Å²) in [5.74, 6) is 0.396. The molecule has 116 valence electrons. The highest BCUT2D eigenvalue weighted by molar-refractivity contribution is 6.35. The van der Waals surface area contributed by atoms with Crippen LogP contribution in [0.5, 0.6) is 5.75 Å². The van der Waals surface area contributed by atoms with Crippen molar-refractivity contribution in [3.05, 3.63) is 64.1 Å². The van der Waals surface area contributed by atoms with Gasteiger partial charge in [0.1, 0.15) is 5.75 Å². The average Bonchev–Trinajstić information content (AvgIpc) is 2.53. The molecule has 0 aliphatic rings. The number of nitrogens with one attached hydrogen (secondary N) is 1. The Kier molecular flexibility index (Phi) is 6.68. The van der Waals surface area contributed by atoms with Crippen LogP contribution in [0, 0.1) is 0 Å². The Labute approximate surface area is 138 Å². The van der Waals surface area contributed by atoms with E-state index in [1.165, 1.54) is 0 Å². The van der Waals surface area contributed by atoms with Crippen molar-refractivity contribution in [1.82, 2.24) is 5.48 Å². The molecule has 1 atom stereocenters. The number of hydroxylamine groups is 1. The largest absolute Gasteiger partial charge is 0.480 e. The lowest BCUT2D eigenvalue weighted by Gasteiger charge is -2.15. The molecule has 1 unspecified atom stereocenters. The highest BCUT2D eigenvalue weighted by Crippen LogP contribution is 2.28. The standard InChI is InChI=1S/C16H15Cl2NO3/c17-13-6-7-16(15(18)8-13)22-14(10-20)9-19-21-11-12-4-2-1-3-5-12/h1-8,10,14,19H,9,11H2. The third-order valence-electron chi connectivity index (χ3n) is 2.79. The first kappa shape index (κ1) is 16.8. The Morgan fingerprint density at radius 3 is 2.59 bits per heavy atom. The van der Waals surface area contributed by atoms with Crippen molar-refractivity contribution in [2.24, 2.45) is 0 Å². The number of rotatable bonds is 8. The van der Waals surface area contributed by atoms with Gasteiger partial charge in [-0.05, 0) is 23.8 Å². The van der Waals surface area contributed by atoms with Crippen LogP contribution in [0.15, 0.2) is 48.5 Å². The van der Waals surface area contributed by atoms with Crippen LogP contribution < -0.4 is 10.2 Å². The molecular formula is C16H15Cl2NO3. The molecule has 0 saturated carbocycles. The number of benzene rings is 2. The van der Waals surface area contributed by atoms with E-state index in [0.717, 1.165) is 5.56 Å². The molecule has 0 fully saturated rings. The fourth-order valence-corrected chi connectivity index (χ4v) is 2.15. The van der Waals surface area contributed by atoms with Gasteiger partial charge in [-0.15, -0.1) is 0 Å². The van der Waals surface area contributed by atoms with E-state index < -0.39 is 6.10 Å². The molecule has 2 aromatic rings. The SMILES string of the molecule is O=CC(CNOCc1ccccc1)Oc1ccc(Cl)cc1Cl. The Morgan fingerprint density at radius 2 is 1.91 bits per heavy atom. The zero-order chi connectivity index (χ0) is 15.8. The first-order valence-corrected chi connectivity index (χ1v) is 7.40. The lowest BCUT2D eigenvalue weighted by Crippen LogP contribution is -2.32. The van der Waals surface area contributed by atoms with Crippen molar-refractivity contribution < 1.29 is 14.4 Å². The summed E-state index contributed by atoms with van der Waals surface area (Å²) in [4.78, 5) is 16.4. The zero-order valence-electron chi connectivity index (χ0n) is 11.7. The maximum Gasteiger partial charge on any atom is 0.168 e. The third kappa shape index (κ3) is 5.31. The van der Waals surface area contributed by atoms with Gasteiger partial charge in [0.15, 0.2) is 12.4 Å². The van der Waals surface area contributed by atoms with E-state index in [1.807, 2.05) is 30.3 Å². The smallest absolute Gasteiger partial charge is 0.168 e. The molecular weight excluding hydrogens is 325 g/mol. The number of hydrogen-bond acceptors (Lipinski definition) is 4. The molecule has 22 heavy (non-hydrogen) atoms. The maximum absolute atomic E-state index is 11.1. The monoisotopic (exact) mass is 339 g/mol.